The molecule has 3 heterocycles. The summed E-state index contributed by atoms with van der Waals surface area (Å²) in [5.41, 5.74) is 5.42. The Labute approximate surface area is 168 Å². The van der Waals surface area contributed by atoms with Gasteiger partial charge < -0.3 is 31.1 Å². The first-order valence-corrected chi connectivity index (χ1v) is 10.7. The van der Waals surface area contributed by atoms with Crippen LogP contribution in [0.3, 0.4) is 0 Å². The Morgan fingerprint density at radius 2 is 2.11 bits per heavy atom. The molecular weight excluding hydrogens is 382 g/mol. The van der Waals surface area contributed by atoms with Crippen molar-refractivity contribution in [1.82, 2.24) is 15.1 Å². The molecule has 0 aliphatic carbocycles. The summed E-state index contributed by atoms with van der Waals surface area (Å²) in [5, 5.41) is 29.9. The SMILES string of the molecule is C[C@@H](O)[C@H]1C(=O)N2C(C(=O)O)=C(SCCN3CCCC3)[C@H](CCNC(=N)N)[C@H]12. The molecular formula is C18H29N5O4S. The van der Waals surface area contributed by atoms with Crippen LogP contribution < -0.4 is 11.1 Å². The van der Waals surface area contributed by atoms with Gasteiger partial charge in [-0.1, -0.05) is 0 Å². The van der Waals surface area contributed by atoms with E-state index in [1.807, 2.05) is 0 Å². The number of hydrogen-bond acceptors (Lipinski definition) is 6. The van der Waals surface area contributed by atoms with E-state index in [-0.39, 0.29) is 29.5 Å². The third-order valence-corrected chi connectivity index (χ3v) is 6.96. The van der Waals surface area contributed by atoms with E-state index >= 15 is 0 Å². The van der Waals surface area contributed by atoms with E-state index in [9.17, 15) is 19.8 Å². The van der Waals surface area contributed by atoms with Crippen LogP contribution in [0.25, 0.3) is 0 Å². The molecule has 3 aliphatic heterocycles. The average molecular weight is 412 g/mol. The summed E-state index contributed by atoms with van der Waals surface area (Å²) >= 11 is 1.51. The van der Waals surface area contributed by atoms with Crippen molar-refractivity contribution in [2.24, 2.45) is 17.6 Å². The maximum atomic E-state index is 12.5. The highest BCUT2D eigenvalue weighted by atomic mass is 32.2. The second-order valence-corrected chi connectivity index (χ2v) is 8.75. The second-order valence-electron chi connectivity index (χ2n) is 7.62. The fourth-order valence-electron chi connectivity index (χ4n) is 4.50. The van der Waals surface area contributed by atoms with E-state index in [4.69, 9.17) is 11.1 Å². The van der Waals surface area contributed by atoms with Gasteiger partial charge in [0.05, 0.1) is 18.1 Å². The first-order chi connectivity index (χ1) is 13.3. The predicted molar refractivity (Wildman–Crippen MR) is 107 cm³/mol. The zero-order valence-electron chi connectivity index (χ0n) is 16.1. The minimum atomic E-state index is -1.10. The van der Waals surface area contributed by atoms with Crippen molar-refractivity contribution in [3.05, 3.63) is 10.6 Å². The lowest BCUT2D eigenvalue weighted by Crippen LogP contribution is -2.64. The molecule has 0 radical (unpaired) electrons. The molecule has 4 atom stereocenters. The topological polar surface area (TPSA) is 143 Å². The summed E-state index contributed by atoms with van der Waals surface area (Å²) in [6.07, 6.45) is 2.11. The summed E-state index contributed by atoms with van der Waals surface area (Å²) in [4.78, 5) is 28.9. The van der Waals surface area contributed by atoms with E-state index in [1.54, 1.807) is 6.92 Å². The lowest BCUT2D eigenvalue weighted by Gasteiger charge is -2.47. The van der Waals surface area contributed by atoms with Crippen LogP contribution in [0.4, 0.5) is 0 Å². The van der Waals surface area contributed by atoms with Gasteiger partial charge in [-0.2, -0.15) is 0 Å². The predicted octanol–water partition coefficient (Wildman–Crippen LogP) is -0.178. The number of likely N-dealkylation sites (tertiary alicyclic amines) is 1. The van der Waals surface area contributed by atoms with Crippen LogP contribution in [0.2, 0.25) is 0 Å². The van der Waals surface area contributed by atoms with Crippen LogP contribution in [0.15, 0.2) is 10.6 Å². The maximum absolute atomic E-state index is 12.5. The Hall–Kier alpha value is -1.78. The fraction of sp³-hybridized carbons (Fsp3) is 0.722. The number of guanidine groups is 1. The van der Waals surface area contributed by atoms with Crippen molar-refractivity contribution in [2.75, 3.05) is 31.9 Å². The van der Waals surface area contributed by atoms with Crippen molar-refractivity contribution in [3.63, 3.8) is 0 Å². The average Bonchev–Trinajstić information content (AvgIpc) is 3.20. The molecule has 9 nitrogen and oxygen atoms in total. The Morgan fingerprint density at radius 3 is 2.68 bits per heavy atom. The minimum absolute atomic E-state index is 0.0612. The molecule has 3 rings (SSSR count). The summed E-state index contributed by atoms with van der Waals surface area (Å²) in [6.45, 7) is 5.03. The van der Waals surface area contributed by atoms with E-state index in [0.29, 0.717) is 17.9 Å². The number of carboxylic acids is 1. The highest BCUT2D eigenvalue weighted by Gasteiger charge is 2.60. The first kappa shape index (κ1) is 20.9. The van der Waals surface area contributed by atoms with Gasteiger partial charge in [0.25, 0.3) is 0 Å². The molecule has 0 aromatic heterocycles. The number of carbonyl (C=O) groups is 2. The number of fused-ring (bicyclic) bond motifs is 1. The third-order valence-electron chi connectivity index (χ3n) is 5.77. The summed E-state index contributed by atoms with van der Waals surface area (Å²) < 4.78 is 0. The number of amides is 1. The zero-order chi connectivity index (χ0) is 20.4. The molecule has 1 amide bonds. The van der Waals surface area contributed by atoms with Crippen LogP contribution >= 0.6 is 11.8 Å². The Bertz CT molecular complexity index is 677. The molecule has 156 valence electrons. The number of β-lactam (4-membered cyclic amide) rings is 1. The van der Waals surface area contributed by atoms with E-state index in [2.05, 4.69) is 10.2 Å². The van der Waals surface area contributed by atoms with E-state index in [1.165, 1.54) is 29.5 Å². The number of rotatable bonds is 9. The quantitative estimate of drug-likeness (QED) is 0.200. The van der Waals surface area contributed by atoms with Gasteiger partial charge in [0.15, 0.2) is 5.96 Å². The second kappa shape index (κ2) is 8.71. The Kier molecular flexibility index (Phi) is 6.51. The van der Waals surface area contributed by atoms with Crippen LogP contribution in [0.1, 0.15) is 26.2 Å². The van der Waals surface area contributed by atoms with E-state index < -0.39 is 18.0 Å². The molecule has 2 fully saturated rings. The van der Waals surface area contributed by atoms with Gasteiger partial charge in [-0.25, -0.2) is 4.79 Å². The number of nitrogens with two attached hydrogens (primary N) is 1. The fourth-order valence-corrected chi connectivity index (χ4v) is 5.86. The Morgan fingerprint density at radius 1 is 1.43 bits per heavy atom. The van der Waals surface area contributed by atoms with Gasteiger partial charge in [0.1, 0.15) is 5.70 Å². The number of aliphatic hydroxyl groups excluding tert-OH is 1. The Balaban J connectivity index is 1.78. The van der Waals surface area contributed by atoms with Gasteiger partial charge in [-0.05, 0) is 39.3 Å². The first-order valence-electron chi connectivity index (χ1n) is 9.74. The lowest BCUT2D eigenvalue weighted by molar-refractivity contribution is -0.163. The number of nitrogens with one attached hydrogen (secondary N) is 2. The van der Waals surface area contributed by atoms with E-state index in [0.717, 1.165) is 25.4 Å². The standard InChI is InChI=1S/C18H29N5O4S/c1-10(24)12-13-11(4-5-21-18(19)20)15(14(17(26)27)23(13)16(12)25)28-9-8-22-6-2-3-7-22/h10-13,24H,2-9H2,1H3,(H,26,27)(H4,19,20,21)/t10-,11-,12-,13-/m1/s1. The number of aliphatic hydroxyl groups is 1. The van der Waals surface area contributed by atoms with Crippen LogP contribution in [0, 0.1) is 17.2 Å². The monoisotopic (exact) mass is 411 g/mol. The normalized spacial score (nSPS) is 28.3. The molecule has 0 bridgehead atoms. The number of thioether (sulfide) groups is 1. The third kappa shape index (κ3) is 3.99. The highest BCUT2D eigenvalue weighted by molar-refractivity contribution is 8.03. The highest BCUT2D eigenvalue weighted by Crippen LogP contribution is 2.51. The number of aliphatic carboxylic acids is 1. The smallest absolute Gasteiger partial charge is 0.353 e. The molecule has 28 heavy (non-hydrogen) atoms. The van der Waals surface area contributed by atoms with Gasteiger partial charge in [0, 0.05) is 29.7 Å². The number of carboxylic acid groups (broad SMARTS) is 1. The van der Waals surface area contributed by atoms with Crippen molar-refractivity contribution >= 4 is 29.6 Å². The molecule has 0 spiro atoms. The molecule has 0 saturated carbocycles. The molecule has 0 aromatic carbocycles. The number of nitrogens with zero attached hydrogens (tertiary/aromatic N) is 2. The maximum Gasteiger partial charge on any atom is 0.353 e. The minimum Gasteiger partial charge on any atom is -0.477 e. The van der Waals surface area contributed by atoms with Crippen molar-refractivity contribution in [2.45, 2.75) is 38.3 Å². The number of hydrogen-bond donors (Lipinski definition) is 5. The molecule has 10 heteroatoms. The van der Waals surface area contributed by atoms with Crippen LogP contribution in [-0.2, 0) is 9.59 Å². The van der Waals surface area contributed by atoms with Crippen LogP contribution in [0.5, 0.6) is 0 Å². The van der Waals surface area contributed by atoms with Crippen molar-refractivity contribution in [1.29, 1.82) is 5.41 Å². The summed E-state index contributed by atoms with van der Waals surface area (Å²) in [7, 11) is 0. The van der Waals surface area contributed by atoms with Crippen molar-refractivity contribution < 1.29 is 19.8 Å². The van der Waals surface area contributed by atoms with Gasteiger partial charge in [0.2, 0.25) is 5.91 Å². The van der Waals surface area contributed by atoms with Gasteiger partial charge >= 0.3 is 5.97 Å². The molecule has 0 unspecified atom stereocenters. The van der Waals surface area contributed by atoms with Crippen molar-refractivity contribution in [3.8, 4) is 0 Å². The number of carbonyl (C=O) groups excluding carboxylic acids is 1. The summed E-state index contributed by atoms with van der Waals surface area (Å²) in [5.74, 6) is -1.58. The van der Waals surface area contributed by atoms with Crippen LogP contribution in [-0.4, -0.2) is 81.9 Å². The molecule has 0 aromatic rings. The lowest BCUT2D eigenvalue weighted by atomic mass is 9.77. The molecule has 6 N–H and O–H groups in total. The molecule has 2 saturated heterocycles. The summed E-state index contributed by atoms with van der Waals surface area (Å²) in [6, 6.07) is -0.346. The van der Waals surface area contributed by atoms with Gasteiger partial charge in [-0.3, -0.25) is 10.2 Å². The molecule has 3 aliphatic rings. The zero-order valence-corrected chi connectivity index (χ0v) is 16.9. The largest absolute Gasteiger partial charge is 0.477 e. The van der Waals surface area contributed by atoms with Gasteiger partial charge in [-0.15, -0.1) is 11.8 Å².